The van der Waals surface area contributed by atoms with Crippen molar-refractivity contribution < 1.29 is 9.59 Å². The first-order chi connectivity index (χ1) is 14.6. The molecule has 1 aromatic heterocycles. The summed E-state index contributed by atoms with van der Waals surface area (Å²) in [5.41, 5.74) is 0.640. The van der Waals surface area contributed by atoms with E-state index in [1.165, 1.54) is 4.90 Å². The summed E-state index contributed by atoms with van der Waals surface area (Å²) in [6.07, 6.45) is 4.03. The molecule has 1 aliphatic carbocycles. The van der Waals surface area contributed by atoms with Crippen LogP contribution in [0.15, 0.2) is 42.6 Å². The SMILES string of the molecule is CC(C)(C#N)c1ccc(N2C(=O)N(Cc3ccnc(NC4CC4)c3)C(C)(C)C2=O)cc1. The highest BCUT2D eigenvalue weighted by molar-refractivity contribution is 6.22. The number of benzene rings is 1. The molecule has 160 valence electrons. The molecule has 2 aliphatic rings. The van der Waals surface area contributed by atoms with Crippen molar-refractivity contribution in [1.29, 1.82) is 5.26 Å². The number of nitrogens with zero attached hydrogens (tertiary/aromatic N) is 4. The molecule has 0 unspecified atom stereocenters. The summed E-state index contributed by atoms with van der Waals surface area (Å²) >= 11 is 0. The number of anilines is 2. The Labute approximate surface area is 182 Å². The van der Waals surface area contributed by atoms with Crippen molar-refractivity contribution in [2.24, 2.45) is 0 Å². The van der Waals surface area contributed by atoms with Crippen LogP contribution in [0.5, 0.6) is 0 Å². The first-order valence-electron chi connectivity index (χ1n) is 10.5. The number of carbonyl (C=O) groups is 2. The number of nitrogens with one attached hydrogen (secondary N) is 1. The van der Waals surface area contributed by atoms with Crippen molar-refractivity contribution in [3.05, 3.63) is 53.7 Å². The Morgan fingerprint density at radius 2 is 1.87 bits per heavy atom. The standard InChI is InChI=1S/C24H27N5O2/c1-23(2,15-25)17-5-9-19(10-6-17)29-21(30)24(3,4)28(22(29)31)14-16-11-12-26-20(13-16)27-18-7-8-18/h5-6,9-13,18H,7-8,14H2,1-4H3,(H,26,27). The van der Waals surface area contributed by atoms with E-state index in [1.54, 1.807) is 49.2 Å². The van der Waals surface area contributed by atoms with Crippen LogP contribution in [0, 0.1) is 11.3 Å². The van der Waals surface area contributed by atoms with Crippen molar-refractivity contribution in [1.82, 2.24) is 9.88 Å². The van der Waals surface area contributed by atoms with Gasteiger partial charge in [0, 0.05) is 18.8 Å². The molecule has 1 aromatic carbocycles. The highest BCUT2D eigenvalue weighted by Gasteiger charge is 2.51. The van der Waals surface area contributed by atoms with E-state index >= 15 is 0 Å². The fraction of sp³-hybridized carbons (Fsp3) is 0.417. The van der Waals surface area contributed by atoms with Crippen LogP contribution in [0.4, 0.5) is 16.3 Å². The Bertz CT molecular complexity index is 1060. The molecule has 1 saturated heterocycles. The minimum atomic E-state index is -0.977. The van der Waals surface area contributed by atoms with E-state index in [0.717, 1.165) is 29.8 Å². The number of aromatic nitrogens is 1. The predicted octanol–water partition coefficient (Wildman–Crippen LogP) is 4.20. The van der Waals surface area contributed by atoms with Gasteiger partial charge in [0.1, 0.15) is 11.4 Å². The zero-order chi connectivity index (χ0) is 22.4. The fourth-order valence-corrected chi connectivity index (χ4v) is 3.69. The number of amides is 3. The van der Waals surface area contributed by atoms with Gasteiger partial charge >= 0.3 is 6.03 Å². The molecule has 7 heteroatoms. The van der Waals surface area contributed by atoms with Crippen LogP contribution in [0.2, 0.25) is 0 Å². The zero-order valence-electron chi connectivity index (χ0n) is 18.3. The lowest BCUT2D eigenvalue weighted by Crippen LogP contribution is -2.43. The smallest absolute Gasteiger partial charge is 0.332 e. The third-order valence-electron chi connectivity index (χ3n) is 6.04. The quantitative estimate of drug-likeness (QED) is 0.712. The molecule has 3 amide bonds. The summed E-state index contributed by atoms with van der Waals surface area (Å²) in [5, 5.41) is 12.7. The van der Waals surface area contributed by atoms with Gasteiger partial charge in [0.25, 0.3) is 5.91 Å². The molecular formula is C24H27N5O2. The van der Waals surface area contributed by atoms with Gasteiger partial charge in [-0.15, -0.1) is 0 Å². The lowest BCUT2D eigenvalue weighted by Gasteiger charge is -2.27. The number of hydrogen-bond donors (Lipinski definition) is 1. The van der Waals surface area contributed by atoms with E-state index in [0.29, 0.717) is 18.3 Å². The van der Waals surface area contributed by atoms with Crippen LogP contribution in [0.3, 0.4) is 0 Å². The minimum Gasteiger partial charge on any atom is -0.367 e. The maximum atomic E-state index is 13.3. The van der Waals surface area contributed by atoms with Gasteiger partial charge in [-0.1, -0.05) is 12.1 Å². The van der Waals surface area contributed by atoms with Crippen LogP contribution >= 0.6 is 0 Å². The van der Waals surface area contributed by atoms with E-state index in [9.17, 15) is 14.9 Å². The van der Waals surface area contributed by atoms with E-state index in [1.807, 2.05) is 26.0 Å². The minimum absolute atomic E-state index is 0.268. The number of pyridine rings is 1. The van der Waals surface area contributed by atoms with Crippen LogP contribution in [0.1, 0.15) is 51.7 Å². The van der Waals surface area contributed by atoms with Gasteiger partial charge in [-0.3, -0.25) is 4.79 Å². The Morgan fingerprint density at radius 1 is 1.19 bits per heavy atom. The summed E-state index contributed by atoms with van der Waals surface area (Å²) < 4.78 is 0. The maximum absolute atomic E-state index is 13.3. The third-order valence-corrected chi connectivity index (χ3v) is 6.04. The first kappa shape index (κ1) is 20.9. The van der Waals surface area contributed by atoms with Crippen molar-refractivity contribution in [2.75, 3.05) is 10.2 Å². The second-order valence-corrected chi connectivity index (χ2v) is 9.32. The van der Waals surface area contributed by atoms with Crippen LogP contribution in [0.25, 0.3) is 0 Å². The van der Waals surface area contributed by atoms with E-state index in [2.05, 4.69) is 16.4 Å². The normalized spacial score (nSPS) is 18.3. The molecule has 1 saturated carbocycles. The Hall–Kier alpha value is -3.40. The monoisotopic (exact) mass is 417 g/mol. The number of imide groups is 1. The van der Waals surface area contributed by atoms with Crippen molar-refractivity contribution >= 4 is 23.4 Å². The molecule has 4 rings (SSSR count). The number of carbonyl (C=O) groups excluding carboxylic acids is 2. The lowest BCUT2D eigenvalue weighted by molar-refractivity contribution is -0.123. The summed E-state index contributed by atoms with van der Waals surface area (Å²) in [7, 11) is 0. The van der Waals surface area contributed by atoms with Gasteiger partial charge in [0.15, 0.2) is 0 Å². The molecule has 0 radical (unpaired) electrons. The third kappa shape index (κ3) is 3.86. The number of nitriles is 1. The van der Waals surface area contributed by atoms with Crippen molar-refractivity contribution in [3.63, 3.8) is 0 Å². The Morgan fingerprint density at radius 3 is 2.48 bits per heavy atom. The van der Waals surface area contributed by atoms with Gasteiger partial charge < -0.3 is 10.2 Å². The predicted molar refractivity (Wildman–Crippen MR) is 118 cm³/mol. The average molecular weight is 418 g/mol. The summed E-state index contributed by atoms with van der Waals surface area (Å²) in [6.45, 7) is 7.52. The molecular weight excluding hydrogens is 390 g/mol. The van der Waals surface area contributed by atoms with E-state index in [4.69, 9.17) is 0 Å². The fourth-order valence-electron chi connectivity index (χ4n) is 3.69. The Balaban J connectivity index is 1.58. The molecule has 0 spiro atoms. The van der Waals surface area contributed by atoms with Crippen molar-refractivity contribution in [3.8, 4) is 6.07 Å². The topological polar surface area (TPSA) is 89.3 Å². The van der Waals surface area contributed by atoms with Gasteiger partial charge in [-0.05, 0) is 75.9 Å². The largest absolute Gasteiger partial charge is 0.367 e. The number of urea groups is 1. The van der Waals surface area contributed by atoms with E-state index in [-0.39, 0.29) is 11.9 Å². The number of rotatable bonds is 6. The van der Waals surface area contributed by atoms with Gasteiger partial charge in [-0.25, -0.2) is 14.7 Å². The highest BCUT2D eigenvalue weighted by atomic mass is 16.2. The van der Waals surface area contributed by atoms with Gasteiger partial charge in [-0.2, -0.15) is 5.26 Å². The van der Waals surface area contributed by atoms with Gasteiger partial charge in [0.05, 0.1) is 17.2 Å². The summed E-state index contributed by atoms with van der Waals surface area (Å²) in [4.78, 5) is 33.7. The molecule has 7 nitrogen and oxygen atoms in total. The van der Waals surface area contributed by atoms with Crippen LogP contribution in [-0.4, -0.2) is 33.4 Å². The maximum Gasteiger partial charge on any atom is 0.332 e. The van der Waals surface area contributed by atoms with E-state index < -0.39 is 11.0 Å². The molecule has 31 heavy (non-hydrogen) atoms. The first-order valence-corrected chi connectivity index (χ1v) is 10.5. The molecule has 2 heterocycles. The zero-order valence-corrected chi connectivity index (χ0v) is 18.3. The second-order valence-electron chi connectivity index (χ2n) is 9.32. The summed E-state index contributed by atoms with van der Waals surface area (Å²) in [5.74, 6) is 0.526. The molecule has 0 bridgehead atoms. The molecule has 2 aromatic rings. The average Bonchev–Trinajstić information content (AvgIpc) is 3.53. The van der Waals surface area contributed by atoms with Gasteiger partial charge in [0.2, 0.25) is 0 Å². The Kier molecular flexibility index (Phi) is 4.97. The number of hydrogen-bond acceptors (Lipinski definition) is 5. The van der Waals surface area contributed by atoms with Crippen LogP contribution < -0.4 is 10.2 Å². The molecule has 1 aliphatic heterocycles. The van der Waals surface area contributed by atoms with Crippen molar-refractivity contribution in [2.45, 2.75) is 64.1 Å². The lowest BCUT2D eigenvalue weighted by atomic mass is 9.86. The summed E-state index contributed by atoms with van der Waals surface area (Å²) in [6, 6.07) is 13.3. The molecule has 0 atom stereocenters. The molecule has 1 N–H and O–H groups in total. The molecule has 2 fully saturated rings. The highest BCUT2D eigenvalue weighted by Crippen LogP contribution is 2.34. The second kappa shape index (κ2) is 7.38. The van der Waals surface area contributed by atoms with Crippen LogP contribution in [-0.2, 0) is 16.8 Å².